The lowest BCUT2D eigenvalue weighted by Crippen LogP contribution is -2.48. The largest absolute Gasteiger partial charge is 0.471 e. The number of fused-ring (bicyclic) bond motifs is 1. The highest BCUT2D eigenvalue weighted by molar-refractivity contribution is 5.89. The molecule has 2 heterocycles. The Hall–Kier alpha value is -2.50. The molecule has 3 rings (SSSR count). The van der Waals surface area contributed by atoms with Gasteiger partial charge in [-0.3, -0.25) is 4.79 Å². The number of nitrogens with one attached hydrogen (secondary N) is 1. The van der Waals surface area contributed by atoms with Crippen LogP contribution in [-0.4, -0.2) is 41.6 Å². The van der Waals surface area contributed by atoms with Crippen LogP contribution in [0.4, 0.5) is 4.79 Å². The Morgan fingerprint density at radius 3 is 2.65 bits per heavy atom. The molecule has 0 atom stereocenters. The number of benzene rings is 1. The predicted molar refractivity (Wildman–Crippen MR) is 98.9 cm³/mol. The quantitative estimate of drug-likeness (QED) is 0.912. The molecule has 2 aromatic rings. The van der Waals surface area contributed by atoms with E-state index in [0.29, 0.717) is 19.5 Å². The predicted octanol–water partition coefficient (Wildman–Crippen LogP) is 3.49. The Kier molecular flexibility index (Phi) is 5.20. The van der Waals surface area contributed by atoms with Crippen LogP contribution < -0.4 is 5.32 Å². The number of likely N-dealkylation sites (tertiary alicyclic amines) is 1. The zero-order chi connectivity index (χ0) is 18.7. The lowest BCUT2D eigenvalue weighted by molar-refractivity contribution is -0.121. The molecule has 1 aromatic carbocycles. The van der Waals surface area contributed by atoms with Gasteiger partial charge in [0.25, 0.3) is 0 Å². The zero-order valence-electron chi connectivity index (χ0n) is 15.6. The van der Waals surface area contributed by atoms with E-state index in [4.69, 9.17) is 9.15 Å². The Balaban J connectivity index is 1.49. The van der Waals surface area contributed by atoms with Crippen LogP contribution in [0, 0.1) is 0 Å². The number of carbonyl (C=O) groups is 2. The Bertz CT molecular complexity index is 782. The number of furan rings is 1. The number of ether oxygens (including phenoxy) is 1. The number of amides is 2. The summed E-state index contributed by atoms with van der Waals surface area (Å²) in [6.07, 6.45) is 4.87. The summed E-state index contributed by atoms with van der Waals surface area (Å²) < 4.78 is 10.6. The van der Waals surface area contributed by atoms with Crippen molar-refractivity contribution >= 4 is 22.8 Å². The van der Waals surface area contributed by atoms with Gasteiger partial charge in [0.15, 0.2) is 0 Å². The second-order valence-electron chi connectivity index (χ2n) is 7.78. The number of piperidine rings is 1. The van der Waals surface area contributed by atoms with Gasteiger partial charge in [0.05, 0.1) is 18.9 Å². The van der Waals surface area contributed by atoms with E-state index in [9.17, 15) is 9.59 Å². The average molecular weight is 358 g/mol. The second kappa shape index (κ2) is 7.40. The maximum atomic E-state index is 12.4. The molecule has 6 heteroatoms. The summed E-state index contributed by atoms with van der Waals surface area (Å²) in [5.74, 6) is -0.00517. The lowest BCUT2D eigenvalue weighted by Gasteiger charge is -2.33. The van der Waals surface area contributed by atoms with Gasteiger partial charge in [0, 0.05) is 29.9 Å². The molecular formula is C20H26N2O4. The van der Waals surface area contributed by atoms with E-state index in [2.05, 4.69) is 5.32 Å². The molecule has 6 nitrogen and oxygen atoms in total. The third kappa shape index (κ3) is 4.56. The van der Waals surface area contributed by atoms with Gasteiger partial charge in [-0.2, -0.15) is 0 Å². The molecule has 140 valence electrons. The Morgan fingerprint density at radius 2 is 1.96 bits per heavy atom. The van der Waals surface area contributed by atoms with E-state index in [-0.39, 0.29) is 18.0 Å². The van der Waals surface area contributed by atoms with Gasteiger partial charge >= 0.3 is 6.09 Å². The molecule has 1 aliphatic rings. The summed E-state index contributed by atoms with van der Waals surface area (Å²) in [5.41, 5.74) is 0.468. The summed E-state index contributed by atoms with van der Waals surface area (Å²) in [6, 6.07) is 5.93. The SMILES string of the molecule is CC(C)(C)OC(=O)N1CCC(NC(=O)Cc2cccc3cocc23)CC1. The Morgan fingerprint density at radius 1 is 1.23 bits per heavy atom. The molecule has 26 heavy (non-hydrogen) atoms. The van der Waals surface area contributed by atoms with Crippen LogP contribution >= 0.6 is 0 Å². The molecule has 1 aliphatic heterocycles. The molecule has 1 aromatic heterocycles. The van der Waals surface area contributed by atoms with E-state index in [1.807, 2.05) is 39.0 Å². The van der Waals surface area contributed by atoms with Crippen molar-refractivity contribution < 1.29 is 18.7 Å². The molecule has 0 saturated carbocycles. The van der Waals surface area contributed by atoms with Gasteiger partial charge in [0.1, 0.15) is 5.60 Å². The van der Waals surface area contributed by atoms with Crippen molar-refractivity contribution in [2.45, 2.75) is 51.7 Å². The second-order valence-corrected chi connectivity index (χ2v) is 7.78. The summed E-state index contributed by atoms with van der Waals surface area (Å²) >= 11 is 0. The molecule has 0 bridgehead atoms. The van der Waals surface area contributed by atoms with Crippen LogP contribution in [-0.2, 0) is 16.0 Å². The van der Waals surface area contributed by atoms with Crippen LogP contribution in [0.15, 0.2) is 35.1 Å². The number of carbonyl (C=O) groups excluding carboxylic acids is 2. The molecule has 2 amide bonds. The first-order valence-corrected chi connectivity index (χ1v) is 9.03. The van der Waals surface area contributed by atoms with Crippen LogP contribution in [0.1, 0.15) is 39.2 Å². The average Bonchev–Trinajstić information content (AvgIpc) is 3.03. The third-order valence-electron chi connectivity index (χ3n) is 4.47. The van der Waals surface area contributed by atoms with Crippen molar-refractivity contribution in [2.24, 2.45) is 0 Å². The molecule has 1 saturated heterocycles. The number of rotatable bonds is 3. The fourth-order valence-electron chi connectivity index (χ4n) is 3.19. The molecule has 0 spiro atoms. The van der Waals surface area contributed by atoms with Gasteiger partial charge in [0.2, 0.25) is 5.91 Å². The van der Waals surface area contributed by atoms with Gasteiger partial charge < -0.3 is 19.4 Å². The smallest absolute Gasteiger partial charge is 0.410 e. The molecular weight excluding hydrogens is 332 g/mol. The minimum absolute atomic E-state index is 0.00517. The number of hydrogen-bond donors (Lipinski definition) is 1. The standard InChI is InChI=1S/C20H26N2O4/c1-20(2,3)26-19(24)22-9-7-16(8-10-22)21-18(23)11-14-5-4-6-15-12-25-13-17(14)15/h4-6,12-13,16H,7-11H2,1-3H3,(H,21,23). The minimum atomic E-state index is -0.490. The highest BCUT2D eigenvalue weighted by Crippen LogP contribution is 2.21. The summed E-state index contributed by atoms with van der Waals surface area (Å²) in [4.78, 5) is 26.2. The summed E-state index contributed by atoms with van der Waals surface area (Å²) in [6.45, 7) is 6.77. The van der Waals surface area contributed by atoms with E-state index in [0.717, 1.165) is 29.2 Å². The zero-order valence-corrected chi connectivity index (χ0v) is 15.6. The first-order chi connectivity index (χ1) is 12.3. The highest BCUT2D eigenvalue weighted by Gasteiger charge is 2.27. The highest BCUT2D eigenvalue weighted by atomic mass is 16.6. The van der Waals surface area contributed by atoms with Gasteiger partial charge in [-0.1, -0.05) is 18.2 Å². The fourth-order valence-corrected chi connectivity index (χ4v) is 3.19. The minimum Gasteiger partial charge on any atom is -0.471 e. The van der Waals surface area contributed by atoms with E-state index in [1.54, 1.807) is 17.4 Å². The summed E-state index contributed by atoms with van der Waals surface area (Å²) in [5, 5.41) is 5.06. The third-order valence-corrected chi connectivity index (χ3v) is 4.47. The first kappa shape index (κ1) is 18.3. The Labute approximate surface area is 153 Å². The molecule has 1 N–H and O–H groups in total. The van der Waals surface area contributed by atoms with Crippen molar-refractivity contribution in [1.29, 1.82) is 0 Å². The van der Waals surface area contributed by atoms with E-state index < -0.39 is 5.60 Å². The summed E-state index contributed by atoms with van der Waals surface area (Å²) in [7, 11) is 0. The number of nitrogens with zero attached hydrogens (tertiary/aromatic N) is 1. The van der Waals surface area contributed by atoms with Crippen LogP contribution in [0.5, 0.6) is 0 Å². The molecule has 0 unspecified atom stereocenters. The maximum absolute atomic E-state index is 12.4. The first-order valence-electron chi connectivity index (χ1n) is 9.03. The van der Waals surface area contributed by atoms with Crippen LogP contribution in [0.25, 0.3) is 10.8 Å². The van der Waals surface area contributed by atoms with Crippen molar-refractivity contribution in [3.63, 3.8) is 0 Å². The maximum Gasteiger partial charge on any atom is 0.410 e. The normalized spacial score (nSPS) is 15.9. The van der Waals surface area contributed by atoms with Gasteiger partial charge in [-0.25, -0.2) is 4.79 Å². The van der Waals surface area contributed by atoms with E-state index >= 15 is 0 Å². The monoisotopic (exact) mass is 358 g/mol. The molecule has 0 aliphatic carbocycles. The molecule has 1 fully saturated rings. The van der Waals surface area contributed by atoms with Crippen molar-refractivity contribution in [1.82, 2.24) is 10.2 Å². The number of hydrogen-bond acceptors (Lipinski definition) is 4. The van der Waals surface area contributed by atoms with Crippen molar-refractivity contribution in [2.75, 3.05) is 13.1 Å². The fraction of sp³-hybridized carbons (Fsp3) is 0.500. The van der Waals surface area contributed by atoms with E-state index in [1.165, 1.54) is 0 Å². The lowest BCUT2D eigenvalue weighted by atomic mass is 10.0. The van der Waals surface area contributed by atoms with Gasteiger partial charge in [-0.15, -0.1) is 0 Å². The topological polar surface area (TPSA) is 71.8 Å². The van der Waals surface area contributed by atoms with Gasteiger partial charge in [-0.05, 0) is 39.2 Å². The van der Waals surface area contributed by atoms with Crippen molar-refractivity contribution in [3.05, 3.63) is 36.3 Å². The van der Waals surface area contributed by atoms with Crippen LogP contribution in [0.3, 0.4) is 0 Å². The molecule has 0 radical (unpaired) electrons. The van der Waals surface area contributed by atoms with Crippen molar-refractivity contribution in [3.8, 4) is 0 Å². The van der Waals surface area contributed by atoms with Crippen LogP contribution in [0.2, 0.25) is 0 Å².